The van der Waals surface area contributed by atoms with Gasteiger partial charge in [-0.2, -0.15) is 11.8 Å². The number of nitrogens with one attached hydrogen (secondary N) is 2. The summed E-state index contributed by atoms with van der Waals surface area (Å²) in [4.78, 5) is 23.1. The number of urea groups is 1. The van der Waals surface area contributed by atoms with Crippen LogP contribution in [0, 0.1) is 5.41 Å². The number of hydrogen-bond acceptors (Lipinski definition) is 3. The lowest BCUT2D eigenvalue weighted by atomic mass is 9.88. The Morgan fingerprint density at radius 2 is 2.05 bits per heavy atom. The van der Waals surface area contributed by atoms with Crippen molar-refractivity contribution >= 4 is 23.8 Å². The van der Waals surface area contributed by atoms with E-state index in [1.165, 1.54) is 0 Å². The minimum absolute atomic E-state index is 0.156. The minimum atomic E-state index is -0.898. The van der Waals surface area contributed by atoms with Crippen molar-refractivity contribution in [2.75, 3.05) is 12.3 Å². The van der Waals surface area contributed by atoms with Crippen molar-refractivity contribution in [1.29, 1.82) is 0 Å². The van der Waals surface area contributed by atoms with Gasteiger partial charge >= 0.3 is 12.0 Å². The molecule has 3 atom stereocenters. The molecule has 0 aliphatic heterocycles. The fourth-order valence-corrected chi connectivity index (χ4v) is 3.55. The summed E-state index contributed by atoms with van der Waals surface area (Å²) >= 11 is 1.89. The minimum Gasteiger partial charge on any atom is -0.481 e. The first-order valence-electron chi connectivity index (χ1n) is 7.32. The van der Waals surface area contributed by atoms with E-state index in [2.05, 4.69) is 17.6 Å². The third kappa shape index (κ3) is 4.58. The average Bonchev–Trinajstić information content (AvgIpc) is 2.83. The van der Waals surface area contributed by atoms with Gasteiger partial charge < -0.3 is 15.7 Å². The normalized spacial score (nSPS) is 24.9. The SMILES string of the molecule is CCSC1CCCC1NC(=O)NCC(C)(CC)C(=O)O. The molecule has 5 nitrogen and oxygen atoms in total. The number of carboxylic acids is 1. The standard InChI is InChI=1S/C14H26N2O3S/c1-4-14(3,12(17)18)9-15-13(19)16-10-7-6-8-11(10)20-5-2/h10-11H,4-9H2,1-3H3,(H,17,18)(H2,15,16,19). The van der Waals surface area contributed by atoms with Crippen LogP contribution < -0.4 is 10.6 Å². The van der Waals surface area contributed by atoms with Crippen LogP contribution in [0.15, 0.2) is 0 Å². The summed E-state index contributed by atoms with van der Waals surface area (Å²) in [5.41, 5.74) is -0.898. The topological polar surface area (TPSA) is 78.4 Å². The fourth-order valence-electron chi connectivity index (χ4n) is 2.35. The number of carbonyl (C=O) groups excluding carboxylic acids is 1. The molecule has 0 aromatic carbocycles. The molecule has 1 aliphatic rings. The molecule has 1 saturated carbocycles. The zero-order valence-electron chi connectivity index (χ0n) is 12.6. The summed E-state index contributed by atoms with van der Waals surface area (Å²) in [5.74, 6) is 0.179. The Kier molecular flexibility index (Phi) is 6.65. The predicted molar refractivity (Wildman–Crippen MR) is 82.1 cm³/mol. The Balaban J connectivity index is 2.42. The molecule has 0 spiro atoms. The number of carboxylic acid groups (broad SMARTS) is 1. The summed E-state index contributed by atoms with van der Waals surface area (Å²) < 4.78 is 0. The molecule has 0 radical (unpaired) electrons. The van der Waals surface area contributed by atoms with E-state index in [1.807, 2.05) is 18.7 Å². The highest BCUT2D eigenvalue weighted by Crippen LogP contribution is 2.29. The molecule has 3 N–H and O–H groups in total. The molecule has 3 unspecified atom stereocenters. The largest absolute Gasteiger partial charge is 0.481 e. The quantitative estimate of drug-likeness (QED) is 0.675. The first-order chi connectivity index (χ1) is 9.42. The van der Waals surface area contributed by atoms with Crippen LogP contribution in [0.4, 0.5) is 4.79 Å². The van der Waals surface area contributed by atoms with Gasteiger partial charge in [0.05, 0.1) is 5.41 Å². The van der Waals surface area contributed by atoms with Crippen molar-refractivity contribution < 1.29 is 14.7 Å². The van der Waals surface area contributed by atoms with Crippen molar-refractivity contribution in [3.63, 3.8) is 0 Å². The molecule has 6 heteroatoms. The Hall–Kier alpha value is -0.910. The van der Waals surface area contributed by atoms with Crippen molar-refractivity contribution in [2.24, 2.45) is 5.41 Å². The van der Waals surface area contributed by atoms with Crippen LogP contribution >= 0.6 is 11.8 Å². The fraction of sp³-hybridized carbons (Fsp3) is 0.857. The molecule has 116 valence electrons. The van der Waals surface area contributed by atoms with Crippen molar-refractivity contribution in [3.05, 3.63) is 0 Å². The highest BCUT2D eigenvalue weighted by Gasteiger charge is 2.32. The molecule has 0 heterocycles. The smallest absolute Gasteiger partial charge is 0.315 e. The monoisotopic (exact) mass is 302 g/mol. The lowest BCUT2D eigenvalue weighted by Gasteiger charge is -2.25. The van der Waals surface area contributed by atoms with Gasteiger partial charge in [0.25, 0.3) is 0 Å². The van der Waals surface area contributed by atoms with Crippen LogP contribution in [0.5, 0.6) is 0 Å². The van der Waals surface area contributed by atoms with Gasteiger partial charge in [0, 0.05) is 17.8 Å². The van der Waals surface area contributed by atoms with E-state index in [9.17, 15) is 9.59 Å². The number of rotatable bonds is 7. The summed E-state index contributed by atoms with van der Waals surface area (Å²) in [6.07, 6.45) is 3.78. The van der Waals surface area contributed by atoms with Gasteiger partial charge in [0.1, 0.15) is 0 Å². The first kappa shape index (κ1) is 17.1. The summed E-state index contributed by atoms with van der Waals surface area (Å²) in [6.45, 7) is 5.75. The Morgan fingerprint density at radius 3 is 2.60 bits per heavy atom. The highest BCUT2D eigenvalue weighted by atomic mass is 32.2. The molecule has 0 aromatic heterocycles. The van der Waals surface area contributed by atoms with E-state index < -0.39 is 11.4 Å². The van der Waals surface area contributed by atoms with E-state index >= 15 is 0 Å². The van der Waals surface area contributed by atoms with E-state index in [0.29, 0.717) is 11.7 Å². The molecular formula is C14H26N2O3S. The number of carbonyl (C=O) groups is 2. The molecule has 1 aliphatic carbocycles. The maximum Gasteiger partial charge on any atom is 0.315 e. The van der Waals surface area contributed by atoms with Gasteiger partial charge in [-0.3, -0.25) is 4.79 Å². The molecule has 0 saturated heterocycles. The number of amides is 2. The van der Waals surface area contributed by atoms with E-state index in [0.717, 1.165) is 25.0 Å². The second kappa shape index (κ2) is 7.76. The van der Waals surface area contributed by atoms with Crippen LogP contribution in [0.3, 0.4) is 0 Å². The molecule has 0 bridgehead atoms. The lowest BCUT2D eigenvalue weighted by molar-refractivity contribution is -0.147. The Morgan fingerprint density at radius 1 is 1.35 bits per heavy atom. The lowest BCUT2D eigenvalue weighted by Crippen LogP contribution is -2.48. The van der Waals surface area contributed by atoms with Crippen LogP contribution in [0.25, 0.3) is 0 Å². The second-order valence-corrected chi connectivity index (χ2v) is 7.09. The van der Waals surface area contributed by atoms with Crippen LogP contribution in [0.2, 0.25) is 0 Å². The Bertz CT molecular complexity index is 351. The molecule has 2 amide bonds. The molecule has 1 fully saturated rings. The predicted octanol–water partition coefficient (Wildman–Crippen LogP) is 2.46. The van der Waals surface area contributed by atoms with Crippen molar-refractivity contribution in [2.45, 2.75) is 57.7 Å². The van der Waals surface area contributed by atoms with Gasteiger partial charge in [0.15, 0.2) is 0 Å². The zero-order valence-corrected chi connectivity index (χ0v) is 13.4. The van der Waals surface area contributed by atoms with Gasteiger partial charge in [0.2, 0.25) is 0 Å². The second-order valence-electron chi connectivity index (χ2n) is 5.58. The van der Waals surface area contributed by atoms with Gasteiger partial charge in [-0.25, -0.2) is 4.79 Å². The van der Waals surface area contributed by atoms with Crippen LogP contribution in [0.1, 0.15) is 46.5 Å². The maximum atomic E-state index is 11.9. The van der Waals surface area contributed by atoms with Crippen molar-refractivity contribution in [1.82, 2.24) is 10.6 Å². The van der Waals surface area contributed by atoms with Gasteiger partial charge in [-0.15, -0.1) is 0 Å². The maximum absolute atomic E-state index is 11.9. The average molecular weight is 302 g/mol. The van der Waals surface area contributed by atoms with E-state index in [1.54, 1.807) is 6.92 Å². The number of hydrogen-bond donors (Lipinski definition) is 3. The first-order valence-corrected chi connectivity index (χ1v) is 8.37. The zero-order chi connectivity index (χ0) is 15.2. The number of thioether (sulfide) groups is 1. The molecule has 20 heavy (non-hydrogen) atoms. The third-order valence-electron chi connectivity index (χ3n) is 4.09. The van der Waals surface area contributed by atoms with Crippen LogP contribution in [-0.4, -0.2) is 40.7 Å². The summed E-state index contributed by atoms with van der Waals surface area (Å²) in [5, 5.41) is 15.3. The third-order valence-corrected chi connectivity index (χ3v) is 5.41. The molecular weight excluding hydrogens is 276 g/mol. The van der Waals surface area contributed by atoms with Crippen molar-refractivity contribution in [3.8, 4) is 0 Å². The van der Waals surface area contributed by atoms with E-state index in [4.69, 9.17) is 5.11 Å². The molecule has 1 rings (SSSR count). The van der Waals surface area contributed by atoms with E-state index in [-0.39, 0.29) is 18.6 Å². The Labute approximate surface area is 125 Å². The summed E-state index contributed by atoms with van der Waals surface area (Å²) in [7, 11) is 0. The van der Waals surface area contributed by atoms with Gasteiger partial charge in [-0.1, -0.05) is 20.3 Å². The highest BCUT2D eigenvalue weighted by molar-refractivity contribution is 7.99. The summed E-state index contributed by atoms with van der Waals surface area (Å²) in [6, 6.07) is -0.0443. The molecule has 0 aromatic rings. The van der Waals surface area contributed by atoms with Crippen LogP contribution in [-0.2, 0) is 4.79 Å². The number of aliphatic carboxylic acids is 1. The van der Waals surface area contributed by atoms with Gasteiger partial charge in [-0.05, 0) is 31.9 Å².